The molecule has 0 aliphatic heterocycles. The minimum atomic E-state index is -0.443. The van der Waals surface area contributed by atoms with Gasteiger partial charge in [-0.3, -0.25) is 4.79 Å². The smallest absolute Gasteiger partial charge is 0.269 e. The fourth-order valence-electron chi connectivity index (χ4n) is 1.82. The van der Waals surface area contributed by atoms with E-state index in [0.29, 0.717) is 11.3 Å². The summed E-state index contributed by atoms with van der Waals surface area (Å²) in [4.78, 5) is 11.9. The molecule has 1 aromatic heterocycles. The van der Waals surface area contributed by atoms with Crippen molar-refractivity contribution in [2.75, 3.05) is 0 Å². The molecular formula is C14H11FN2O. The third-order valence-corrected chi connectivity index (χ3v) is 2.95. The molecule has 0 aliphatic carbocycles. The Morgan fingerprint density at radius 1 is 1.28 bits per heavy atom. The van der Waals surface area contributed by atoms with Crippen LogP contribution >= 0.6 is 0 Å². The van der Waals surface area contributed by atoms with Crippen LogP contribution in [0.5, 0.6) is 0 Å². The van der Waals surface area contributed by atoms with Gasteiger partial charge in [-0.1, -0.05) is 18.2 Å². The summed E-state index contributed by atoms with van der Waals surface area (Å²) >= 11 is 0. The summed E-state index contributed by atoms with van der Waals surface area (Å²) < 4.78 is 15.1. The van der Waals surface area contributed by atoms with Crippen molar-refractivity contribution >= 4 is 0 Å². The third kappa shape index (κ3) is 1.80. The summed E-state index contributed by atoms with van der Waals surface area (Å²) in [6.45, 7) is 1.74. The Morgan fingerprint density at radius 3 is 2.56 bits per heavy atom. The zero-order valence-corrected chi connectivity index (χ0v) is 10.1. The molecule has 2 rings (SSSR count). The number of rotatable bonds is 1. The van der Waals surface area contributed by atoms with Crippen molar-refractivity contribution in [3.8, 4) is 17.2 Å². The SMILES string of the molecule is Cc1cc(-c2ccccc2F)c(C#N)c(=O)n1C. The van der Waals surface area contributed by atoms with Crippen LogP contribution in [0.15, 0.2) is 35.1 Å². The molecule has 0 unspecified atom stereocenters. The molecule has 0 aliphatic rings. The number of aryl methyl sites for hydroxylation is 1. The van der Waals surface area contributed by atoms with Crippen molar-refractivity contribution in [2.24, 2.45) is 7.05 Å². The number of nitriles is 1. The van der Waals surface area contributed by atoms with Gasteiger partial charge in [0, 0.05) is 23.9 Å². The Kier molecular flexibility index (Phi) is 2.99. The van der Waals surface area contributed by atoms with Gasteiger partial charge in [0.25, 0.3) is 5.56 Å². The van der Waals surface area contributed by atoms with E-state index in [4.69, 9.17) is 5.26 Å². The monoisotopic (exact) mass is 242 g/mol. The second kappa shape index (κ2) is 4.46. The van der Waals surface area contributed by atoms with E-state index in [2.05, 4.69) is 0 Å². The molecule has 3 nitrogen and oxygen atoms in total. The number of benzene rings is 1. The highest BCUT2D eigenvalue weighted by molar-refractivity contribution is 5.70. The van der Waals surface area contributed by atoms with Crippen LogP contribution in [0.2, 0.25) is 0 Å². The van der Waals surface area contributed by atoms with Crippen LogP contribution in [0, 0.1) is 24.1 Å². The second-order valence-corrected chi connectivity index (χ2v) is 4.03. The first-order valence-electron chi connectivity index (χ1n) is 5.42. The van der Waals surface area contributed by atoms with Crippen LogP contribution in [0.3, 0.4) is 0 Å². The normalized spacial score (nSPS) is 10.1. The molecule has 0 N–H and O–H groups in total. The first kappa shape index (κ1) is 12.1. The summed E-state index contributed by atoms with van der Waals surface area (Å²) in [5.74, 6) is -0.443. The zero-order valence-electron chi connectivity index (χ0n) is 10.1. The maximum atomic E-state index is 13.7. The lowest BCUT2D eigenvalue weighted by atomic mass is 10.0. The molecule has 1 aromatic carbocycles. The van der Waals surface area contributed by atoms with E-state index >= 15 is 0 Å². The van der Waals surface area contributed by atoms with Crippen molar-refractivity contribution in [2.45, 2.75) is 6.92 Å². The summed E-state index contributed by atoms with van der Waals surface area (Å²) in [7, 11) is 1.59. The molecule has 18 heavy (non-hydrogen) atoms. The molecule has 1 heterocycles. The van der Waals surface area contributed by atoms with E-state index in [0.717, 1.165) is 0 Å². The first-order chi connectivity index (χ1) is 8.56. The molecule has 4 heteroatoms. The predicted molar refractivity (Wildman–Crippen MR) is 66.5 cm³/mol. The van der Waals surface area contributed by atoms with Crippen LogP contribution in [-0.2, 0) is 7.05 Å². The number of hydrogen-bond acceptors (Lipinski definition) is 2. The summed E-state index contributed by atoms with van der Waals surface area (Å²) in [6, 6.07) is 9.62. The fraction of sp³-hybridized carbons (Fsp3) is 0.143. The van der Waals surface area contributed by atoms with E-state index in [1.807, 2.05) is 6.07 Å². The van der Waals surface area contributed by atoms with Gasteiger partial charge in [0.1, 0.15) is 17.4 Å². The number of hydrogen-bond donors (Lipinski definition) is 0. The van der Waals surface area contributed by atoms with Crippen LogP contribution in [0.25, 0.3) is 11.1 Å². The minimum absolute atomic E-state index is 0.0341. The van der Waals surface area contributed by atoms with Crippen molar-refractivity contribution in [3.63, 3.8) is 0 Å². The lowest BCUT2D eigenvalue weighted by molar-refractivity contribution is 0.631. The van der Waals surface area contributed by atoms with E-state index in [1.165, 1.54) is 10.6 Å². The molecule has 0 radical (unpaired) electrons. The number of halogens is 1. The van der Waals surface area contributed by atoms with Gasteiger partial charge in [0.2, 0.25) is 0 Å². The number of nitrogens with zero attached hydrogens (tertiary/aromatic N) is 2. The lowest BCUT2D eigenvalue weighted by Crippen LogP contribution is -2.22. The molecule has 0 bridgehead atoms. The average Bonchev–Trinajstić information content (AvgIpc) is 2.36. The van der Waals surface area contributed by atoms with E-state index < -0.39 is 11.4 Å². The summed E-state index contributed by atoms with van der Waals surface area (Å²) in [6.07, 6.45) is 0. The van der Waals surface area contributed by atoms with Crippen molar-refractivity contribution in [1.29, 1.82) is 5.26 Å². The third-order valence-electron chi connectivity index (χ3n) is 2.95. The van der Waals surface area contributed by atoms with Gasteiger partial charge in [-0.2, -0.15) is 5.26 Å². The van der Waals surface area contributed by atoms with Crippen molar-refractivity contribution in [1.82, 2.24) is 4.57 Å². The molecular weight excluding hydrogens is 231 g/mol. The minimum Gasteiger partial charge on any atom is -0.315 e. The standard InChI is InChI=1S/C14H11FN2O/c1-9-7-11(10-5-3-4-6-13(10)15)12(8-16)14(18)17(9)2/h3-7H,1-2H3. The predicted octanol–water partition coefficient (Wildman–Crippen LogP) is 2.37. The number of aromatic nitrogens is 1. The maximum Gasteiger partial charge on any atom is 0.269 e. The average molecular weight is 242 g/mol. The van der Waals surface area contributed by atoms with Crippen LogP contribution in [0.4, 0.5) is 4.39 Å². The highest BCUT2D eigenvalue weighted by atomic mass is 19.1. The highest BCUT2D eigenvalue weighted by Crippen LogP contribution is 2.24. The fourth-order valence-corrected chi connectivity index (χ4v) is 1.82. The summed E-state index contributed by atoms with van der Waals surface area (Å²) in [5.41, 5.74) is 0.854. The number of pyridine rings is 1. The van der Waals surface area contributed by atoms with Crippen molar-refractivity contribution < 1.29 is 4.39 Å². The molecule has 2 aromatic rings. The van der Waals surface area contributed by atoms with Gasteiger partial charge in [0.05, 0.1) is 0 Å². The van der Waals surface area contributed by atoms with Gasteiger partial charge in [-0.05, 0) is 19.1 Å². The Hall–Kier alpha value is -2.41. The Labute approximate surface area is 104 Å². The van der Waals surface area contributed by atoms with E-state index in [9.17, 15) is 9.18 Å². The van der Waals surface area contributed by atoms with Gasteiger partial charge >= 0.3 is 0 Å². The second-order valence-electron chi connectivity index (χ2n) is 4.03. The topological polar surface area (TPSA) is 45.8 Å². The lowest BCUT2D eigenvalue weighted by Gasteiger charge is -2.10. The Morgan fingerprint density at radius 2 is 1.94 bits per heavy atom. The van der Waals surface area contributed by atoms with Crippen LogP contribution in [-0.4, -0.2) is 4.57 Å². The molecule has 0 atom stereocenters. The molecule has 0 spiro atoms. The Bertz CT molecular complexity index is 711. The van der Waals surface area contributed by atoms with Gasteiger partial charge < -0.3 is 4.57 Å². The van der Waals surface area contributed by atoms with Gasteiger partial charge in [-0.15, -0.1) is 0 Å². The summed E-state index contributed by atoms with van der Waals surface area (Å²) in [5, 5.41) is 9.08. The molecule has 0 saturated heterocycles. The maximum absolute atomic E-state index is 13.7. The van der Waals surface area contributed by atoms with Gasteiger partial charge in [0.15, 0.2) is 0 Å². The van der Waals surface area contributed by atoms with Crippen LogP contribution in [0.1, 0.15) is 11.3 Å². The molecule has 0 saturated carbocycles. The van der Waals surface area contributed by atoms with Crippen molar-refractivity contribution in [3.05, 3.63) is 57.8 Å². The van der Waals surface area contributed by atoms with Crippen LogP contribution < -0.4 is 5.56 Å². The largest absolute Gasteiger partial charge is 0.315 e. The first-order valence-corrected chi connectivity index (χ1v) is 5.42. The van der Waals surface area contributed by atoms with Gasteiger partial charge in [-0.25, -0.2) is 4.39 Å². The van der Waals surface area contributed by atoms with E-state index in [-0.39, 0.29) is 11.1 Å². The van der Waals surface area contributed by atoms with E-state index in [1.54, 1.807) is 38.2 Å². The zero-order chi connectivity index (χ0) is 13.3. The Balaban J connectivity index is 2.86. The molecule has 90 valence electrons. The molecule has 0 fully saturated rings. The highest BCUT2D eigenvalue weighted by Gasteiger charge is 2.14. The quantitative estimate of drug-likeness (QED) is 0.770. The molecule has 0 amide bonds.